The predicted octanol–water partition coefficient (Wildman–Crippen LogP) is 3.11. The molecule has 154 valence electrons. The number of ketones is 1. The highest BCUT2D eigenvalue weighted by Crippen LogP contribution is 2.29. The molecule has 0 saturated heterocycles. The molecule has 0 fully saturated rings. The van der Waals surface area contributed by atoms with Crippen molar-refractivity contribution in [3.63, 3.8) is 0 Å². The summed E-state index contributed by atoms with van der Waals surface area (Å²) >= 11 is 0. The summed E-state index contributed by atoms with van der Waals surface area (Å²) in [5.74, 6) is -1.77. The van der Waals surface area contributed by atoms with E-state index < -0.39 is 42.7 Å². The fourth-order valence-corrected chi connectivity index (χ4v) is 2.60. The zero-order chi connectivity index (χ0) is 21.4. The van der Waals surface area contributed by atoms with Crippen molar-refractivity contribution in [3.05, 3.63) is 71.3 Å². The fraction of sp³-hybridized carbons (Fsp3) is 0.286. The maximum absolute atomic E-state index is 12.7. The van der Waals surface area contributed by atoms with Crippen LogP contribution in [-0.2, 0) is 38.1 Å². The van der Waals surface area contributed by atoms with Crippen molar-refractivity contribution in [2.24, 2.45) is 0 Å². The summed E-state index contributed by atoms with van der Waals surface area (Å²) in [6.07, 6.45) is -4.63. The van der Waals surface area contributed by atoms with Crippen LogP contribution in [-0.4, -0.2) is 30.3 Å². The number of amides is 1. The third kappa shape index (κ3) is 7.40. The number of alkyl halides is 3. The van der Waals surface area contributed by atoms with E-state index in [0.29, 0.717) is 6.42 Å². The Labute approximate surface area is 165 Å². The summed E-state index contributed by atoms with van der Waals surface area (Å²) in [7, 11) is 0. The van der Waals surface area contributed by atoms with Gasteiger partial charge in [0.05, 0.1) is 18.0 Å². The standard InChI is InChI=1S/C21H20F3NO4/c1-14(26)18(11-15-6-3-2-4-7-15)25-19(27)13-29-20(28)12-16-8-5-9-17(10-16)21(22,23)24/h2-10,18H,11-13H2,1H3,(H,25,27)/t18-/m1/s1. The summed E-state index contributed by atoms with van der Waals surface area (Å²) in [6, 6.07) is 12.6. The average Bonchev–Trinajstić information content (AvgIpc) is 2.66. The summed E-state index contributed by atoms with van der Waals surface area (Å²) in [5, 5.41) is 2.50. The molecule has 1 amide bonds. The van der Waals surface area contributed by atoms with Crippen molar-refractivity contribution in [3.8, 4) is 0 Å². The summed E-state index contributed by atoms with van der Waals surface area (Å²) in [6.45, 7) is 0.712. The Balaban J connectivity index is 1.86. The number of carbonyl (C=O) groups is 3. The monoisotopic (exact) mass is 407 g/mol. The van der Waals surface area contributed by atoms with Gasteiger partial charge in [-0.15, -0.1) is 0 Å². The molecule has 2 aromatic carbocycles. The molecular formula is C21H20F3NO4. The zero-order valence-electron chi connectivity index (χ0n) is 15.7. The molecule has 0 aliphatic carbocycles. The minimum absolute atomic E-state index is 0.121. The normalized spacial score (nSPS) is 12.1. The molecule has 2 aromatic rings. The number of esters is 1. The smallest absolute Gasteiger partial charge is 0.416 e. The van der Waals surface area contributed by atoms with E-state index in [-0.39, 0.29) is 11.3 Å². The molecule has 29 heavy (non-hydrogen) atoms. The van der Waals surface area contributed by atoms with Gasteiger partial charge in [0.1, 0.15) is 0 Å². The number of hydrogen-bond acceptors (Lipinski definition) is 4. The molecule has 0 bridgehead atoms. The Morgan fingerprint density at radius 3 is 2.28 bits per heavy atom. The Kier molecular flexibility index (Phi) is 7.52. The van der Waals surface area contributed by atoms with Crippen LogP contribution < -0.4 is 5.32 Å². The Morgan fingerprint density at radius 2 is 1.66 bits per heavy atom. The van der Waals surface area contributed by atoms with E-state index in [1.165, 1.54) is 19.1 Å². The molecule has 0 unspecified atom stereocenters. The highest BCUT2D eigenvalue weighted by molar-refractivity contribution is 5.89. The third-order valence-corrected chi connectivity index (χ3v) is 4.08. The SMILES string of the molecule is CC(=O)[C@@H](Cc1ccccc1)NC(=O)COC(=O)Cc1cccc(C(F)(F)F)c1. The number of Topliss-reactive ketones (excluding diaryl/α,β-unsaturated/α-hetero) is 1. The van der Waals surface area contributed by atoms with Crippen LogP contribution in [0.25, 0.3) is 0 Å². The van der Waals surface area contributed by atoms with Gasteiger partial charge in [-0.1, -0.05) is 48.5 Å². The number of nitrogens with one attached hydrogen (secondary N) is 1. The predicted molar refractivity (Wildman–Crippen MR) is 98.9 cm³/mol. The maximum atomic E-state index is 12.7. The second-order valence-corrected chi connectivity index (χ2v) is 6.46. The van der Waals surface area contributed by atoms with Gasteiger partial charge in [-0.2, -0.15) is 13.2 Å². The van der Waals surface area contributed by atoms with Gasteiger partial charge in [0.2, 0.25) is 0 Å². The van der Waals surface area contributed by atoms with Crippen LogP contribution >= 0.6 is 0 Å². The van der Waals surface area contributed by atoms with Crippen molar-refractivity contribution in [1.82, 2.24) is 5.32 Å². The quantitative estimate of drug-likeness (QED) is 0.683. The van der Waals surface area contributed by atoms with Gasteiger partial charge in [0.25, 0.3) is 5.91 Å². The van der Waals surface area contributed by atoms with Crippen LogP contribution in [0, 0.1) is 0 Å². The van der Waals surface area contributed by atoms with E-state index in [1.54, 1.807) is 0 Å². The molecule has 0 radical (unpaired) electrons. The first-order valence-electron chi connectivity index (χ1n) is 8.80. The number of rotatable bonds is 8. The molecule has 0 aliphatic rings. The van der Waals surface area contributed by atoms with E-state index in [1.807, 2.05) is 30.3 Å². The maximum Gasteiger partial charge on any atom is 0.416 e. The van der Waals surface area contributed by atoms with Crippen LogP contribution in [0.15, 0.2) is 54.6 Å². The van der Waals surface area contributed by atoms with Gasteiger partial charge in [-0.05, 0) is 30.5 Å². The average molecular weight is 407 g/mol. The first-order chi connectivity index (χ1) is 13.6. The number of halogens is 3. The molecule has 1 N–H and O–H groups in total. The minimum atomic E-state index is -4.51. The van der Waals surface area contributed by atoms with Crippen LogP contribution in [0.1, 0.15) is 23.6 Å². The highest BCUT2D eigenvalue weighted by Gasteiger charge is 2.30. The lowest BCUT2D eigenvalue weighted by atomic mass is 10.0. The van der Waals surface area contributed by atoms with E-state index >= 15 is 0 Å². The lowest BCUT2D eigenvalue weighted by Gasteiger charge is -2.16. The van der Waals surface area contributed by atoms with E-state index in [9.17, 15) is 27.6 Å². The van der Waals surface area contributed by atoms with Gasteiger partial charge < -0.3 is 10.1 Å². The van der Waals surface area contributed by atoms with Crippen LogP contribution in [0.2, 0.25) is 0 Å². The van der Waals surface area contributed by atoms with Crippen LogP contribution in [0.4, 0.5) is 13.2 Å². The van der Waals surface area contributed by atoms with E-state index in [0.717, 1.165) is 17.7 Å². The minimum Gasteiger partial charge on any atom is -0.455 e. The zero-order valence-corrected chi connectivity index (χ0v) is 15.7. The van der Waals surface area contributed by atoms with Crippen molar-refractivity contribution in [2.75, 3.05) is 6.61 Å². The molecule has 5 nitrogen and oxygen atoms in total. The highest BCUT2D eigenvalue weighted by atomic mass is 19.4. The second kappa shape index (κ2) is 9.86. The first kappa shape index (κ1) is 22.1. The molecule has 2 rings (SSSR count). The lowest BCUT2D eigenvalue weighted by molar-refractivity contribution is -0.148. The molecule has 0 aliphatic heterocycles. The number of hydrogen-bond donors (Lipinski definition) is 1. The number of ether oxygens (including phenoxy) is 1. The number of carbonyl (C=O) groups excluding carboxylic acids is 3. The van der Waals surface area contributed by atoms with Crippen molar-refractivity contribution < 1.29 is 32.3 Å². The Hall–Kier alpha value is -3.16. The van der Waals surface area contributed by atoms with Crippen molar-refractivity contribution in [2.45, 2.75) is 32.0 Å². The van der Waals surface area contributed by atoms with E-state index in [4.69, 9.17) is 4.74 Å². The van der Waals surface area contributed by atoms with Gasteiger partial charge in [0.15, 0.2) is 12.4 Å². The van der Waals surface area contributed by atoms with E-state index in [2.05, 4.69) is 5.32 Å². The van der Waals surface area contributed by atoms with Crippen molar-refractivity contribution >= 4 is 17.7 Å². The van der Waals surface area contributed by atoms with Gasteiger partial charge >= 0.3 is 12.1 Å². The lowest BCUT2D eigenvalue weighted by Crippen LogP contribution is -2.43. The van der Waals surface area contributed by atoms with Gasteiger partial charge in [0, 0.05) is 0 Å². The number of benzene rings is 2. The van der Waals surface area contributed by atoms with Crippen LogP contribution in [0.5, 0.6) is 0 Å². The summed E-state index contributed by atoms with van der Waals surface area (Å²) in [4.78, 5) is 35.6. The molecular weight excluding hydrogens is 387 g/mol. The van der Waals surface area contributed by atoms with Gasteiger partial charge in [-0.25, -0.2) is 0 Å². The molecule has 1 atom stereocenters. The topological polar surface area (TPSA) is 72.5 Å². The fourth-order valence-electron chi connectivity index (χ4n) is 2.60. The van der Waals surface area contributed by atoms with Crippen molar-refractivity contribution in [1.29, 1.82) is 0 Å². The second-order valence-electron chi connectivity index (χ2n) is 6.46. The molecule has 0 saturated carbocycles. The first-order valence-corrected chi connectivity index (χ1v) is 8.80. The Morgan fingerprint density at radius 1 is 1.00 bits per heavy atom. The molecule has 0 spiro atoms. The Bertz CT molecular complexity index is 866. The molecule has 0 aromatic heterocycles. The summed E-state index contributed by atoms with van der Waals surface area (Å²) in [5.41, 5.74) is 0.108. The third-order valence-electron chi connectivity index (χ3n) is 4.08. The van der Waals surface area contributed by atoms with Gasteiger partial charge in [-0.3, -0.25) is 14.4 Å². The van der Waals surface area contributed by atoms with Crippen LogP contribution in [0.3, 0.4) is 0 Å². The molecule has 0 heterocycles. The molecule has 8 heteroatoms. The largest absolute Gasteiger partial charge is 0.455 e. The summed E-state index contributed by atoms with van der Waals surface area (Å²) < 4.78 is 42.9.